The molecule has 2 aromatic heterocycles. The van der Waals surface area contributed by atoms with E-state index in [1.54, 1.807) is 12.4 Å². The van der Waals surface area contributed by atoms with Gasteiger partial charge in [0.15, 0.2) is 0 Å². The average Bonchev–Trinajstić information content (AvgIpc) is 2.69. The molecule has 126 valence electrons. The molecule has 1 aromatic carbocycles. The van der Waals surface area contributed by atoms with Crippen LogP contribution in [0.15, 0.2) is 54.9 Å². The van der Waals surface area contributed by atoms with Crippen LogP contribution in [-0.2, 0) is 6.42 Å². The van der Waals surface area contributed by atoms with Gasteiger partial charge in [-0.3, -0.25) is 4.98 Å². The average molecular weight is 340 g/mol. The molecule has 2 heterocycles. The lowest BCUT2D eigenvalue weighted by Crippen LogP contribution is -2.11. The smallest absolute Gasteiger partial charge is 0.147 e. The van der Waals surface area contributed by atoms with E-state index in [-0.39, 0.29) is 11.4 Å². The number of nitrogens with one attached hydrogen (secondary N) is 1. The van der Waals surface area contributed by atoms with Gasteiger partial charge < -0.3 is 11.1 Å². The Balaban J connectivity index is 1.97. The largest absolute Gasteiger partial charge is 0.383 e. The minimum Gasteiger partial charge on any atom is -0.383 e. The molecule has 3 N–H and O–H groups in total. The van der Waals surface area contributed by atoms with Crippen molar-refractivity contribution in [1.82, 2.24) is 9.97 Å². The maximum Gasteiger partial charge on any atom is 0.147 e. The molecule has 3 aromatic rings. The van der Waals surface area contributed by atoms with Gasteiger partial charge in [0.2, 0.25) is 0 Å². The van der Waals surface area contributed by atoms with Crippen molar-refractivity contribution in [2.75, 3.05) is 17.6 Å². The van der Waals surface area contributed by atoms with Crippen molar-refractivity contribution in [1.29, 1.82) is 10.5 Å². The van der Waals surface area contributed by atoms with Crippen molar-refractivity contribution in [3.8, 4) is 23.3 Å². The first-order valence-corrected chi connectivity index (χ1v) is 8.06. The monoisotopic (exact) mass is 340 g/mol. The second kappa shape index (κ2) is 7.78. The fourth-order valence-electron chi connectivity index (χ4n) is 2.72. The molecule has 0 saturated heterocycles. The van der Waals surface area contributed by atoms with Crippen LogP contribution in [0.4, 0.5) is 11.6 Å². The van der Waals surface area contributed by atoms with Crippen LogP contribution in [0, 0.1) is 22.7 Å². The van der Waals surface area contributed by atoms with Crippen LogP contribution in [-0.4, -0.2) is 16.5 Å². The number of pyridine rings is 2. The highest BCUT2D eigenvalue weighted by molar-refractivity contribution is 5.84. The summed E-state index contributed by atoms with van der Waals surface area (Å²) in [5.74, 6) is 0.487. The topological polar surface area (TPSA) is 111 Å². The molecular formula is C20H16N6. The quantitative estimate of drug-likeness (QED) is 0.738. The number of nitrogens with zero attached hydrogens (tertiary/aromatic N) is 4. The van der Waals surface area contributed by atoms with Crippen LogP contribution >= 0.6 is 0 Å². The van der Waals surface area contributed by atoms with Gasteiger partial charge in [0, 0.05) is 24.5 Å². The van der Waals surface area contributed by atoms with Gasteiger partial charge in [-0.15, -0.1) is 0 Å². The predicted octanol–water partition coefficient (Wildman–Crippen LogP) is 3.12. The summed E-state index contributed by atoms with van der Waals surface area (Å²) >= 11 is 0. The van der Waals surface area contributed by atoms with Crippen LogP contribution in [0.25, 0.3) is 11.1 Å². The van der Waals surface area contributed by atoms with Crippen molar-refractivity contribution in [3.63, 3.8) is 0 Å². The van der Waals surface area contributed by atoms with E-state index in [9.17, 15) is 10.5 Å². The minimum atomic E-state index is 0.106. The third kappa shape index (κ3) is 3.45. The third-order valence-corrected chi connectivity index (χ3v) is 3.94. The number of nitrogen functional groups attached to an aromatic ring is 1. The normalized spacial score (nSPS) is 9.92. The molecule has 0 saturated carbocycles. The molecule has 0 atom stereocenters. The molecule has 0 fully saturated rings. The van der Waals surface area contributed by atoms with Gasteiger partial charge >= 0.3 is 0 Å². The van der Waals surface area contributed by atoms with Crippen molar-refractivity contribution >= 4 is 11.6 Å². The highest BCUT2D eigenvalue weighted by atomic mass is 15.0. The Hall–Kier alpha value is -3.90. The van der Waals surface area contributed by atoms with E-state index in [1.807, 2.05) is 42.5 Å². The fourth-order valence-corrected chi connectivity index (χ4v) is 2.72. The highest BCUT2D eigenvalue weighted by Gasteiger charge is 2.19. The van der Waals surface area contributed by atoms with Crippen LogP contribution in [0.3, 0.4) is 0 Å². The van der Waals surface area contributed by atoms with Crippen LogP contribution in [0.5, 0.6) is 0 Å². The van der Waals surface area contributed by atoms with Crippen molar-refractivity contribution < 1.29 is 0 Å². The van der Waals surface area contributed by atoms with E-state index >= 15 is 0 Å². The van der Waals surface area contributed by atoms with Crippen molar-refractivity contribution in [2.24, 2.45) is 0 Å². The first-order valence-electron chi connectivity index (χ1n) is 8.06. The fraction of sp³-hybridized carbons (Fsp3) is 0.100. The minimum absolute atomic E-state index is 0.106. The molecule has 0 unspecified atom stereocenters. The second-order valence-electron chi connectivity index (χ2n) is 5.60. The summed E-state index contributed by atoms with van der Waals surface area (Å²) in [4.78, 5) is 8.32. The molecule has 0 aliphatic carbocycles. The zero-order valence-electron chi connectivity index (χ0n) is 14.0. The summed E-state index contributed by atoms with van der Waals surface area (Å²) in [6.45, 7) is 0.562. The highest BCUT2D eigenvalue weighted by Crippen LogP contribution is 2.33. The molecule has 0 aliphatic heterocycles. The number of hydrogen-bond acceptors (Lipinski definition) is 6. The van der Waals surface area contributed by atoms with E-state index in [0.29, 0.717) is 23.5 Å². The molecule has 0 amide bonds. The first kappa shape index (κ1) is 16.9. The maximum absolute atomic E-state index is 9.70. The van der Waals surface area contributed by atoms with Gasteiger partial charge in [-0.05, 0) is 23.6 Å². The number of benzene rings is 1. The summed E-state index contributed by atoms with van der Waals surface area (Å²) < 4.78 is 0. The third-order valence-electron chi connectivity index (χ3n) is 3.94. The van der Waals surface area contributed by atoms with Crippen LogP contribution in [0.2, 0.25) is 0 Å². The summed E-state index contributed by atoms with van der Waals surface area (Å²) in [6.07, 6.45) is 4.24. The Bertz CT molecular complexity index is 985. The maximum atomic E-state index is 9.70. The van der Waals surface area contributed by atoms with E-state index in [1.165, 1.54) is 0 Å². The second-order valence-corrected chi connectivity index (χ2v) is 5.60. The predicted molar refractivity (Wildman–Crippen MR) is 99.9 cm³/mol. The number of nitrogens with two attached hydrogens (primary N) is 1. The molecule has 0 bridgehead atoms. The van der Waals surface area contributed by atoms with Gasteiger partial charge in [-0.2, -0.15) is 10.5 Å². The lowest BCUT2D eigenvalue weighted by Gasteiger charge is -2.14. The number of hydrogen-bond donors (Lipinski definition) is 2. The van der Waals surface area contributed by atoms with Gasteiger partial charge in [0.1, 0.15) is 34.9 Å². The van der Waals surface area contributed by atoms with Gasteiger partial charge in [-0.1, -0.05) is 36.4 Å². The molecule has 0 aliphatic rings. The first-order chi connectivity index (χ1) is 12.7. The Morgan fingerprint density at radius 2 is 1.77 bits per heavy atom. The van der Waals surface area contributed by atoms with E-state index < -0.39 is 0 Å². The number of anilines is 2. The van der Waals surface area contributed by atoms with Gasteiger partial charge in [-0.25, -0.2) is 4.98 Å². The number of nitriles is 2. The molecule has 0 radical (unpaired) electrons. The molecule has 6 nitrogen and oxygen atoms in total. The molecule has 26 heavy (non-hydrogen) atoms. The van der Waals surface area contributed by atoms with E-state index in [2.05, 4.69) is 27.4 Å². The summed E-state index contributed by atoms with van der Waals surface area (Å²) in [5.41, 5.74) is 8.84. The summed E-state index contributed by atoms with van der Waals surface area (Å²) in [5, 5.41) is 22.4. The number of aromatic nitrogens is 2. The van der Waals surface area contributed by atoms with Crippen molar-refractivity contribution in [2.45, 2.75) is 6.42 Å². The lowest BCUT2D eigenvalue weighted by molar-refractivity contribution is 0.993. The van der Waals surface area contributed by atoms with E-state index in [0.717, 1.165) is 17.5 Å². The molecule has 6 heteroatoms. The van der Waals surface area contributed by atoms with Crippen LogP contribution < -0.4 is 11.1 Å². The van der Waals surface area contributed by atoms with Gasteiger partial charge in [0.25, 0.3) is 0 Å². The molecular weight excluding hydrogens is 324 g/mol. The summed E-state index contributed by atoms with van der Waals surface area (Å²) in [7, 11) is 0. The zero-order chi connectivity index (χ0) is 18.4. The lowest BCUT2D eigenvalue weighted by atomic mass is 9.96. The Morgan fingerprint density at radius 1 is 1.00 bits per heavy atom. The Labute approximate surface area is 151 Å². The molecule has 0 spiro atoms. The zero-order valence-corrected chi connectivity index (χ0v) is 14.0. The Kier molecular flexibility index (Phi) is 5.07. The van der Waals surface area contributed by atoms with Gasteiger partial charge in [0.05, 0.1) is 0 Å². The van der Waals surface area contributed by atoms with Crippen LogP contribution in [0.1, 0.15) is 16.7 Å². The SMILES string of the molecule is N#Cc1c(N)nc(NCCc2cccnc2)c(C#N)c1-c1ccccc1. The Morgan fingerprint density at radius 3 is 2.42 bits per heavy atom. The van der Waals surface area contributed by atoms with E-state index in [4.69, 9.17) is 5.73 Å². The van der Waals surface area contributed by atoms with Crippen molar-refractivity contribution in [3.05, 3.63) is 71.5 Å². The standard InChI is InChI=1S/C20H16N6/c21-11-16-18(15-6-2-1-3-7-15)17(12-22)20(26-19(16)23)25-10-8-14-5-4-9-24-13-14/h1-7,9,13H,8,10H2,(H3,23,25,26). The summed E-state index contributed by atoms with van der Waals surface area (Å²) in [6, 6.07) is 17.4. The molecule has 3 rings (SSSR count). The number of rotatable bonds is 5.